The highest BCUT2D eigenvalue weighted by atomic mass is 16.7. The molecule has 16 nitrogen and oxygen atoms in total. The third kappa shape index (κ3) is 18.5. The van der Waals surface area contributed by atoms with Crippen molar-refractivity contribution >= 4 is 30.2 Å². The van der Waals surface area contributed by atoms with E-state index in [1.165, 1.54) is 23.3 Å². The minimum atomic E-state index is -1.10. The molecule has 0 aliphatic heterocycles. The summed E-state index contributed by atoms with van der Waals surface area (Å²) in [6, 6.07) is 21.2. The highest BCUT2D eigenvalue weighted by Gasteiger charge is 2.29. The Balaban J connectivity index is 0.855. The Morgan fingerprint density at radius 3 is 1.47 bits per heavy atom. The van der Waals surface area contributed by atoms with Crippen LogP contribution in [0.3, 0.4) is 0 Å². The van der Waals surface area contributed by atoms with Crippen LogP contribution in [0.2, 0.25) is 0 Å². The van der Waals surface area contributed by atoms with E-state index >= 15 is 0 Å². The van der Waals surface area contributed by atoms with Gasteiger partial charge in [0.2, 0.25) is 0 Å². The second-order valence-corrected chi connectivity index (χ2v) is 12.6. The first-order valence-corrected chi connectivity index (χ1v) is 19.3. The maximum absolute atomic E-state index is 12.2. The molecule has 0 aromatic heterocycles. The summed E-state index contributed by atoms with van der Waals surface area (Å²) in [6.45, 7) is 5.99. The molecular formula is C43H53NO15. The van der Waals surface area contributed by atoms with Gasteiger partial charge in [0.05, 0.1) is 99.1 Å². The number of rotatable bonds is 32. The molecular weight excluding hydrogens is 770 g/mol. The molecule has 320 valence electrons. The highest BCUT2D eigenvalue weighted by Crippen LogP contribution is 2.44. The predicted molar refractivity (Wildman–Crippen MR) is 215 cm³/mol. The maximum Gasteiger partial charge on any atom is 0.431 e. The second kappa shape index (κ2) is 28.3. The van der Waals surface area contributed by atoms with Gasteiger partial charge in [0.25, 0.3) is 0 Å². The Hall–Kier alpha value is -5.17. The molecule has 0 radical (unpaired) electrons. The van der Waals surface area contributed by atoms with Crippen molar-refractivity contribution in [3.8, 4) is 16.9 Å². The van der Waals surface area contributed by atoms with Crippen molar-refractivity contribution in [1.82, 2.24) is 5.48 Å². The van der Waals surface area contributed by atoms with Crippen LogP contribution >= 0.6 is 0 Å². The zero-order valence-electron chi connectivity index (χ0n) is 33.0. The summed E-state index contributed by atoms with van der Waals surface area (Å²) in [5, 5.41) is 17.8. The molecule has 0 fully saturated rings. The van der Waals surface area contributed by atoms with Crippen molar-refractivity contribution in [3.63, 3.8) is 0 Å². The summed E-state index contributed by atoms with van der Waals surface area (Å²) in [4.78, 5) is 39.0. The van der Waals surface area contributed by atoms with Crippen molar-refractivity contribution in [3.05, 3.63) is 101 Å². The predicted octanol–water partition coefficient (Wildman–Crippen LogP) is 4.85. The number of ether oxygens (including phenoxy) is 9. The van der Waals surface area contributed by atoms with Gasteiger partial charge < -0.3 is 52.8 Å². The van der Waals surface area contributed by atoms with Crippen LogP contribution in [0.1, 0.15) is 28.2 Å². The molecule has 1 aliphatic carbocycles. The number of benzene rings is 3. The normalized spacial score (nSPS) is 12.2. The smallest absolute Gasteiger partial charge is 0.431 e. The van der Waals surface area contributed by atoms with Crippen LogP contribution in [0.25, 0.3) is 23.3 Å². The van der Waals surface area contributed by atoms with Gasteiger partial charge in [-0.05, 0) is 46.0 Å². The summed E-state index contributed by atoms with van der Waals surface area (Å²) >= 11 is 0. The zero-order chi connectivity index (χ0) is 41.8. The van der Waals surface area contributed by atoms with E-state index in [1.807, 2.05) is 24.3 Å². The Labute approximate surface area is 343 Å². The fraction of sp³-hybridized carbons (Fsp3) is 0.419. The summed E-state index contributed by atoms with van der Waals surface area (Å²) in [7, 11) is 0. The molecule has 0 bridgehead atoms. The fourth-order valence-corrected chi connectivity index (χ4v) is 5.72. The monoisotopic (exact) mass is 823 g/mol. The molecule has 59 heavy (non-hydrogen) atoms. The molecule has 3 N–H and O–H groups in total. The van der Waals surface area contributed by atoms with E-state index in [9.17, 15) is 14.4 Å². The molecule has 0 saturated heterocycles. The second-order valence-electron chi connectivity index (χ2n) is 12.6. The van der Waals surface area contributed by atoms with Gasteiger partial charge in [-0.1, -0.05) is 60.7 Å². The van der Waals surface area contributed by atoms with Crippen molar-refractivity contribution in [2.24, 2.45) is 0 Å². The first kappa shape index (κ1) is 46.5. The van der Waals surface area contributed by atoms with E-state index < -0.39 is 18.0 Å². The van der Waals surface area contributed by atoms with Crippen LogP contribution in [0.15, 0.2) is 78.9 Å². The molecule has 3 aromatic rings. The summed E-state index contributed by atoms with van der Waals surface area (Å²) in [6.07, 6.45) is 4.16. The summed E-state index contributed by atoms with van der Waals surface area (Å²) < 4.78 is 49.6. The Bertz CT molecular complexity index is 1720. The number of hydrogen-bond acceptors (Lipinski definition) is 13. The molecule has 3 aromatic carbocycles. The van der Waals surface area contributed by atoms with Crippen LogP contribution in [0.4, 0.5) is 4.79 Å². The van der Waals surface area contributed by atoms with Gasteiger partial charge in [0.15, 0.2) is 0 Å². The Kier molecular flexibility index (Phi) is 22.3. The molecule has 1 amide bonds. The lowest BCUT2D eigenvalue weighted by Gasteiger charge is -2.14. The van der Waals surface area contributed by atoms with Crippen molar-refractivity contribution < 1.29 is 72.1 Å². The van der Waals surface area contributed by atoms with Gasteiger partial charge in [-0.25, -0.2) is 14.4 Å². The quantitative estimate of drug-likeness (QED) is 0.0439. The van der Waals surface area contributed by atoms with Crippen LogP contribution in [-0.2, 0) is 52.3 Å². The largest absolute Gasteiger partial charge is 0.491 e. The van der Waals surface area contributed by atoms with E-state index in [0.29, 0.717) is 96.2 Å². The average molecular weight is 824 g/mol. The standard InChI is InChI=1S/C43H53NO15/c45-41(46)13-10-33-9-11-34(12-14-42(47)48)40(31-33)57-29-27-55-25-23-53-21-19-51-17-15-50-16-18-52-20-22-54-24-26-56-28-30-59-44-43(49)58-32-39-37-7-3-1-5-35(37)36-6-2-4-8-38(36)39/h1-14,31,39H,15-30,32H2,(H,44,49)(H,45,46)(H,47,48)/b13-10+,14-12+. The highest BCUT2D eigenvalue weighted by molar-refractivity contribution is 5.87. The van der Waals surface area contributed by atoms with Gasteiger partial charge in [0, 0.05) is 23.6 Å². The number of aliphatic carboxylic acids is 2. The lowest BCUT2D eigenvalue weighted by atomic mass is 9.98. The van der Waals surface area contributed by atoms with E-state index in [4.69, 9.17) is 57.7 Å². The lowest BCUT2D eigenvalue weighted by molar-refractivity contribution is -0.132. The van der Waals surface area contributed by atoms with Gasteiger partial charge in [-0.15, -0.1) is 0 Å². The van der Waals surface area contributed by atoms with E-state index in [1.54, 1.807) is 18.2 Å². The molecule has 0 heterocycles. The maximum atomic E-state index is 12.2. The molecule has 4 rings (SSSR count). The molecule has 0 saturated carbocycles. The van der Waals surface area contributed by atoms with Gasteiger partial charge >= 0.3 is 18.0 Å². The van der Waals surface area contributed by atoms with Crippen molar-refractivity contribution in [2.45, 2.75) is 5.92 Å². The first-order valence-electron chi connectivity index (χ1n) is 19.3. The topological polar surface area (TPSA) is 196 Å². The third-order valence-corrected chi connectivity index (χ3v) is 8.41. The minimum Gasteiger partial charge on any atom is -0.491 e. The van der Waals surface area contributed by atoms with E-state index in [0.717, 1.165) is 23.3 Å². The number of carboxylic acid groups (broad SMARTS) is 2. The Morgan fingerprint density at radius 1 is 0.542 bits per heavy atom. The number of hydrogen-bond donors (Lipinski definition) is 3. The SMILES string of the molecule is O=C(O)/C=C/c1ccc(/C=C/C(=O)O)c(OCCOCCOCCOCCOCCOCCOCCOCCONC(=O)OCC2c3ccccc3-c3ccccc32)c1. The van der Waals surface area contributed by atoms with Crippen molar-refractivity contribution in [1.29, 1.82) is 0 Å². The zero-order valence-corrected chi connectivity index (χ0v) is 33.0. The number of amides is 1. The van der Waals surface area contributed by atoms with Crippen LogP contribution in [-0.4, -0.2) is 141 Å². The minimum absolute atomic E-state index is 0.0202. The van der Waals surface area contributed by atoms with Crippen LogP contribution in [0, 0.1) is 0 Å². The number of carbonyl (C=O) groups excluding carboxylic acids is 1. The molecule has 0 spiro atoms. The first-order chi connectivity index (χ1) is 28.9. The summed E-state index contributed by atoms with van der Waals surface area (Å²) in [5.41, 5.74) is 8.04. The van der Waals surface area contributed by atoms with Crippen LogP contribution < -0.4 is 10.2 Å². The third-order valence-electron chi connectivity index (χ3n) is 8.41. The average Bonchev–Trinajstić information content (AvgIpc) is 3.56. The molecule has 0 unspecified atom stereocenters. The van der Waals surface area contributed by atoms with Crippen LogP contribution in [0.5, 0.6) is 5.75 Å². The van der Waals surface area contributed by atoms with Gasteiger partial charge in [-0.3, -0.25) is 4.84 Å². The van der Waals surface area contributed by atoms with Crippen molar-refractivity contribution in [2.75, 3.05) is 112 Å². The number of carbonyl (C=O) groups is 3. The molecule has 0 atom stereocenters. The number of nitrogens with one attached hydrogen (secondary N) is 1. The number of fused-ring (bicyclic) bond motifs is 3. The van der Waals surface area contributed by atoms with Gasteiger partial charge in [-0.2, -0.15) is 5.48 Å². The molecule has 1 aliphatic rings. The number of carboxylic acids is 2. The molecule has 16 heteroatoms. The van der Waals surface area contributed by atoms with Gasteiger partial charge in [0.1, 0.15) is 19.0 Å². The number of hydroxylamine groups is 1. The summed E-state index contributed by atoms with van der Waals surface area (Å²) in [5.74, 6) is -1.80. The fourth-order valence-electron chi connectivity index (χ4n) is 5.72. The lowest BCUT2D eigenvalue weighted by Crippen LogP contribution is -2.28. The van der Waals surface area contributed by atoms with E-state index in [-0.39, 0.29) is 39.0 Å². The Morgan fingerprint density at radius 2 is 0.983 bits per heavy atom. The van der Waals surface area contributed by atoms with E-state index in [2.05, 4.69) is 29.7 Å².